The molecule has 0 unspecified atom stereocenters. The second kappa shape index (κ2) is 4.87. The Kier molecular flexibility index (Phi) is 3.27. The van der Waals surface area contributed by atoms with Crippen molar-refractivity contribution in [2.24, 2.45) is 7.05 Å². The van der Waals surface area contributed by atoms with Crippen LogP contribution in [0.3, 0.4) is 0 Å². The first-order chi connectivity index (χ1) is 8.56. The van der Waals surface area contributed by atoms with Crippen LogP contribution >= 0.6 is 0 Å². The molecular formula is C12H14N4O2. The van der Waals surface area contributed by atoms with Gasteiger partial charge in [0, 0.05) is 12.6 Å². The summed E-state index contributed by atoms with van der Waals surface area (Å²) in [6.07, 6.45) is 1.58. The third-order valence-electron chi connectivity index (χ3n) is 2.51. The van der Waals surface area contributed by atoms with E-state index in [1.807, 2.05) is 0 Å². The Bertz CT molecular complexity index is 577. The number of nitrogens with zero attached hydrogens (tertiary/aromatic N) is 3. The zero-order chi connectivity index (χ0) is 13.1. The minimum Gasteiger partial charge on any atom is -0.508 e. The SMILES string of the molecule is Cc1cc(O)ccc1C(=O)NCc1ncn(C)n1. The molecule has 2 N–H and O–H groups in total. The van der Waals surface area contributed by atoms with Crippen molar-refractivity contribution in [3.8, 4) is 5.75 Å². The predicted octanol–water partition coefficient (Wildman–Crippen LogP) is 0.759. The van der Waals surface area contributed by atoms with Gasteiger partial charge in [-0.3, -0.25) is 9.48 Å². The van der Waals surface area contributed by atoms with Crippen molar-refractivity contribution >= 4 is 5.91 Å². The summed E-state index contributed by atoms with van der Waals surface area (Å²) in [5.74, 6) is 0.498. The fraction of sp³-hybridized carbons (Fsp3) is 0.250. The van der Waals surface area contributed by atoms with E-state index in [9.17, 15) is 9.90 Å². The molecule has 0 saturated heterocycles. The van der Waals surface area contributed by atoms with Crippen LogP contribution in [0.1, 0.15) is 21.7 Å². The molecule has 1 aromatic heterocycles. The Hall–Kier alpha value is -2.37. The Morgan fingerprint density at radius 3 is 2.89 bits per heavy atom. The molecule has 0 atom stereocenters. The molecule has 0 saturated carbocycles. The molecule has 0 spiro atoms. The van der Waals surface area contributed by atoms with Gasteiger partial charge in [0.1, 0.15) is 12.1 Å². The minimum absolute atomic E-state index is 0.149. The number of phenolic OH excluding ortho intramolecular Hbond substituents is 1. The van der Waals surface area contributed by atoms with Gasteiger partial charge in [-0.15, -0.1) is 0 Å². The van der Waals surface area contributed by atoms with Crippen LogP contribution in [0.4, 0.5) is 0 Å². The molecule has 0 radical (unpaired) electrons. The first-order valence-corrected chi connectivity index (χ1v) is 5.48. The van der Waals surface area contributed by atoms with Gasteiger partial charge in [-0.2, -0.15) is 5.10 Å². The van der Waals surface area contributed by atoms with Crippen molar-refractivity contribution in [1.82, 2.24) is 20.1 Å². The highest BCUT2D eigenvalue weighted by molar-refractivity contribution is 5.95. The minimum atomic E-state index is -0.208. The van der Waals surface area contributed by atoms with Gasteiger partial charge in [0.25, 0.3) is 5.91 Å². The molecule has 0 fully saturated rings. The van der Waals surface area contributed by atoms with Crippen molar-refractivity contribution in [1.29, 1.82) is 0 Å². The van der Waals surface area contributed by atoms with E-state index in [4.69, 9.17) is 0 Å². The first kappa shape index (κ1) is 12.1. The maximum atomic E-state index is 11.9. The van der Waals surface area contributed by atoms with Gasteiger partial charge in [0.2, 0.25) is 0 Å². The average molecular weight is 246 g/mol. The molecule has 0 aliphatic heterocycles. The molecular weight excluding hydrogens is 232 g/mol. The van der Waals surface area contributed by atoms with E-state index in [-0.39, 0.29) is 18.2 Å². The highest BCUT2D eigenvalue weighted by atomic mass is 16.3. The van der Waals surface area contributed by atoms with E-state index in [0.29, 0.717) is 11.4 Å². The van der Waals surface area contributed by atoms with Gasteiger partial charge in [0.15, 0.2) is 5.82 Å². The fourth-order valence-electron chi connectivity index (χ4n) is 1.62. The number of nitrogens with one attached hydrogen (secondary N) is 1. The molecule has 1 heterocycles. The molecule has 18 heavy (non-hydrogen) atoms. The Morgan fingerprint density at radius 1 is 1.50 bits per heavy atom. The third kappa shape index (κ3) is 2.65. The van der Waals surface area contributed by atoms with Gasteiger partial charge < -0.3 is 10.4 Å². The molecule has 6 heteroatoms. The second-order valence-electron chi connectivity index (χ2n) is 4.02. The number of benzene rings is 1. The molecule has 0 aliphatic carbocycles. The molecule has 0 bridgehead atoms. The number of aromatic nitrogens is 3. The van der Waals surface area contributed by atoms with E-state index in [0.717, 1.165) is 5.56 Å². The lowest BCUT2D eigenvalue weighted by Crippen LogP contribution is -2.24. The molecule has 1 aromatic carbocycles. The number of amides is 1. The van der Waals surface area contributed by atoms with Crippen LogP contribution in [0.25, 0.3) is 0 Å². The monoisotopic (exact) mass is 246 g/mol. The van der Waals surface area contributed by atoms with Crippen LogP contribution in [0, 0.1) is 6.92 Å². The van der Waals surface area contributed by atoms with E-state index < -0.39 is 0 Å². The molecule has 1 amide bonds. The standard InChI is InChI=1S/C12H14N4O2/c1-8-5-9(17)3-4-10(8)12(18)13-6-11-14-7-16(2)15-11/h3-5,7,17H,6H2,1-2H3,(H,13,18). The summed E-state index contributed by atoms with van der Waals surface area (Å²) >= 11 is 0. The average Bonchev–Trinajstić information content (AvgIpc) is 2.72. The number of phenols is 1. The van der Waals surface area contributed by atoms with Crippen LogP contribution in [0.2, 0.25) is 0 Å². The number of aromatic hydroxyl groups is 1. The zero-order valence-corrected chi connectivity index (χ0v) is 10.2. The van der Waals surface area contributed by atoms with Crippen molar-refractivity contribution in [2.75, 3.05) is 0 Å². The Morgan fingerprint density at radius 2 is 2.28 bits per heavy atom. The summed E-state index contributed by atoms with van der Waals surface area (Å²) in [7, 11) is 1.77. The lowest BCUT2D eigenvalue weighted by atomic mass is 10.1. The Labute approximate surface area is 104 Å². The number of aryl methyl sites for hydroxylation is 2. The van der Waals surface area contributed by atoms with Crippen molar-refractivity contribution in [3.63, 3.8) is 0 Å². The largest absolute Gasteiger partial charge is 0.508 e. The van der Waals surface area contributed by atoms with Gasteiger partial charge in [-0.25, -0.2) is 4.98 Å². The lowest BCUT2D eigenvalue weighted by molar-refractivity contribution is 0.0949. The number of carbonyl (C=O) groups is 1. The summed E-state index contributed by atoms with van der Waals surface area (Å²) in [5.41, 5.74) is 1.25. The first-order valence-electron chi connectivity index (χ1n) is 5.48. The van der Waals surface area contributed by atoms with Gasteiger partial charge in [-0.1, -0.05) is 0 Å². The zero-order valence-electron chi connectivity index (χ0n) is 10.2. The lowest BCUT2D eigenvalue weighted by Gasteiger charge is -2.06. The normalized spacial score (nSPS) is 10.3. The summed E-state index contributed by atoms with van der Waals surface area (Å²) in [4.78, 5) is 15.9. The van der Waals surface area contributed by atoms with Crippen LogP contribution in [-0.4, -0.2) is 25.8 Å². The smallest absolute Gasteiger partial charge is 0.251 e. The predicted molar refractivity (Wildman–Crippen MR) is 65.0 cm³/mol. The molecule has 94 valence electrons. The molecule has 2 aromatic rings. The maximum Gasteiger partial charge on any atom is 0.251 e. The van der Waals surface area contributed by atoms with Crippen molar-refractivity contribution in [3.05, 3.63) is 41.5 Å². The number of carbonyl (C=O) groups excluding carboxylic acids is 1. The van der Waals surface area contributed by atoms with Gasteiger partial charge in [0.05, 0.1) is 6.54 Å². The molecule has 0 aliphatic rings. The van der Waals surface area contributed by atoms with E-state index in [2.05, 4.69) is 15.4 Å². The van der Waals surface area contributed by atoms with Gasteiger partial charge >= 0.3 is 0 Å². The quantitative estimate of drug-likeness (QED) is 0.837. The van der Waals surface area contributed by atoms with Crippen LogP contribution in [0.15, 0.2) is 24.5 Å². The van der Waals surface area contributed by atoms with Crippen molar-refractivity contribution < 1.29 is 9.90 Å². The van der Waals surface area contributed by atoms with E-state index in [1.165, 1.54) is 6.07 Å². The second-order valence-corrected chi connectivity index (χ2v) is 4.02. The topological polar surface area (TPSA) is 80.0 Å². The summed E-state index contributed by atoms with van der Waals surface area (Å²) in [5, 5.41) is 16.1. The van der Waals surface area contributed by atoms with E-state index >= 15 is 0 Å². The molecule has 6 nitrogen and oxygen atoms in total. The number of hydrogen-bond acceptors (Lipinski definition) is 4. The highest BCUT2D eigenvalue weighted by Gasteiger charge is 2.10. The Balaban J connectivity index is 2.03. The van der Waals surface area contributed by atoms with E-state index in [1.54, 1.807) is 37.1 Å². The van der Waals surface area contributed by atoms with Crippen molar-refractivity contribution in [2.45, 2.75) is 13.5 Å². The number of rotatable bonds is 3. The highest BCUT2D eigenvalue weighted by Crippen LogP contribution is 2.15. The number of hydrogen-bond donors (Lipinski definition) is 2. The summed E-state index contributed by atoms with van der Waals surface area (Å²) in [6.45, 7) is 2.05. The summed E-state index contributed by atoms with van der Waals surface area (Å²) < 4.78 is 1.58. The van der Waals surface area contributed by atoms with Crippen LogP contribution in [0.5, 0.6) is 5.75 Å². The van der Waals surface area contributed by atoms with Crippen LogP contribution in [-0.2, 0) is 13.6 Å². The fourth-order valence-corrected chi connectivity index (χ4v) is 1.62. The summed E-state index contributed by atoms with van der Waals surface area (Å²) in [6, 6.07) is 4.63. The maximum absolute atomic E-state index is 11.9. The third-order valence-corrected chi connectivity index (χ3v) is 2.51. The van der Waals surface area contributed by atoms with Crippen LogP contribution < -0.4 is 5.32 Å². The van der Waals surface area contributed by atoms with Gasteiger partial charge in [-0.05, 0) is 30.7 Å². The molecule has 2 rings (SSSR count).